The van der Waals surface area contributed by atoms with Gasteiger partial charge in [0.05, 0.1) is 31.1 Å². The Kier molecular flexibility index (Phi) is 7.66. The van der Waals surface area contributed by atoms with Crippen molar-refractivity contribution in [3.8, 4) is 5.75 Å². The average molecular weight is 547 g/mol. The number of fused-ring (bicyclic) bond motifs is 1. The number of carbonyl (C=O) groups excluding carboxylic acids is 1. The van der Waals surface area contributed by atoms with Crippen molar-refractivity contribution in [2.45, 2.75) is 71.8 Å². The van der Waals surface area contributed by atoms with Gasteiger partial charge in [0.15, 0.2) is 5.75 Å². The summed E-state index contributed by atoms with van der Waals surface area (Å²) >= 11 is 0. The van der Waals surface area contributed by atoms with Crippen LogP contribution in [0.25, 0.3) is 5.78 Å². The summed E-state index contributed by atoms with van der Waals surface area (Å²) in [6, 6.07) is 9.11. The van der Waals surface area contributed by atoms with E-state index < -0.39 is 0 Å². The number of nitrogens with zero attached hydrogens (tertiary/aromatic N) is 6. The summed E-state index contributed by atoms with van der Waals surface area (Å²) in [4.78, 5) is 26.6. The Morgan fingerprint density at radius 3 is 2.52 bits per heavy atom. The van der Waals surface area contributed by atoms with Crippen LogP contribution < -0.4 is 9.64 Å². The van der Waals surface area contributed by atoms with Crippen LogP contribution in [0.4, 0.5) is 5.69 Å². The normalized spacial score (nSPS) is 25.8. The Hall–Kier alpha value is -3.20. The van der Waals surface area contributed by atoms with Gasteiger partial charge in [-0.3, -0.25) is 4.79 Å². The molecule has 3 aromatic rings. The molecule has 9 heteroatoms. The van der Waals surface area contributed by atoms with Crippen LogP contribution in [0.5, 0.6) is 5.75 Å². The molecule has 9 nitrogen and oxygen atoms in total. The third-order valence-corrected chi connectivity index (χ3v) is 8.93. The van der Waals surface area contributed by atoms with Crippen LogP contribution in [-0.4, -0.2) is 75.9 Å². The lowest BCUT2D eigenvalue weighted by Gasteiger charge is -2.32. The number of hydrogen-bond acceptors (Lipinski definition) is 7. The fraction of sp³-hybridized carbons (Fsp3) is 0.613. The predicted octanol–water partition coefficient (Wildman–Crippen LogP) is 4.48. The van der Waals surface area contributed by atoms with Gasteiger partial charge in [-0.2, -0.15) is 9.50 Å². The highest BCUT2D eigenvalue weighted by Crippen LogP contribution is 2.37. The van der Waals surface area contributed by atoms with Gasteiger partial charge in [0.2, 0.25) is 5.91 Å². The van der Waals surface area contributed by atoms with Crippen molar-refractivity contribution in [3.63, 3.8) is 0 Å². The van der Waals surface area contributed by atoms with Crippen LogP contribution in [-0.2, 0) is 9.53 Å². The molecular weight excluding hydrogens is 504 g/mol. The first-order valence-electron chi connectivity index (χ1n) is 14.9. The Morgan fingerprint density at radius 1 is 0.975 bits per heavy atom. The molecule has 1 amide bonds. The molecule has 2 atom stereocenters. The summed E-state index contributed by atoms with van der Waals surface area (Å²) in [7, 11) is 0. The minimum atomic E-state index is 0.104. The molecule has 1 saturated carbocycles. The highest BCUT2D eigenvalue weighted by Gasteiger charge is 2.32. The number of anilines is 1. The number of ether oxygens (including phenoxy) is 2. The molecular formula is C31H42N6O3. The number of amides is 1. The van der Waals surface area contributed by atoms with E-state index in [-0.39, 0.29) is 12.0 Å². The van der Waals surface area contributed by atoms with Gasteiger partial charge in [-0.1, -0.05) is 19.1 Å². The molecule has 214 valence electrons. The number of aryl methyl sites for hydroxylation is 3. The lowest BCUT2D eigenvalue weighted by atomic mass is 9.78. The van der Waals surface area contributed by atoms with E-state index in [1.807, 2.05) is 20.8 Å². The molecule has 2 aliphatic heterocycles. The summed E-state index contributed by atoms with van der Waals surface area (Å²) < 4.78 is 13.9. The minimum Gasteiger partial charge on any atom is -0.485 e. The van der Waals surface area contributed by atoms with Crippen LogP contribution in [0, 0.1) is 32.6 Å². The zero-order chi connectivity index (χ0) is 27.8. The fourth-order valence-electron chi connectivity index (χ4n) is 6.72. The molecule has 0 N–H and O–H groups in total. The second kappa shape index (κ2) is 11.4. The van der Waals surface area contributed by atoms with Crippen molar-refractivity contribution in [1.82, 2.24) is 24.5 Å². The molecule has 1 aliphatic carbocycles. The van der Waals surface area contributed by atoms with Crippen molar-refractivity contribution in [2.75, 3.05) is 44.3 Å². The van der Waals surface area contributed by atoms with Crippen LogP contribution in [0.15, 0.2) is 24.3 Å². The molecule has 3 fully saturated rings. The maximum atomic E-state index is 13.2. The summed E-state index contributed by atoms with van der Waals surface area (Å²) in [5.74, 6) is 3.60. The fourth-order valence-corrected chi connectivity index (χ4v) is 6.72. The van der Waals surface area contributed by atoms with E-state index in [4.69, 9.17) is 9.47 Å². The van der Waals surface area contributed by atoms with E-state index in [9.17, 15) is 4.79 Å². The van der Waals surface area contributed by atoms with Crippen LogP contribution >= 0.6 is 0 Å². The molecule has 0 radical (unpaired) electrons. The molecule has 2 aromatic heterocycles. The third kappa shape index (κ3) is 5.53. The Morgan fingerprint density at radius 2 is 1.75 bits per heavy atom. The van der Waals surface area contributed by atoms with Gasteiger partial charge in [0.1, 0.15) is 11.9 Å². The van der Waals surface area contributed by atoms with Gasteiger partial charge in [-0.15, -0.1) is 5.10 Å². The van der Waals surface area contributed by atoms with E-state index in [0.29, 0.717) is 36.0 Å². The second-order valence-corrected chi connectivity index (χ2v) is 12.1. The van der Waals surface area contributed by atoms with E-state index in [1.54, 1.807) is 4.52 Å². The molecule has 0 spiro atoms. The number of rotatable bonds is 5. The first kappa shape index (κ1) is 27.0. The molecule has 6 rings (SSSR count). The Labute approximate surface area is 236 Å². The highest BCUT2D eigenvalue weighted by molar-refractivity contribution is 5.79. The largest absolute Gasteiger partial charge is 0.485 e. The topological polar surface area (TPSA) is 85.1 Å². The third-order valence-electron chi connectivity index (χ3n) is 8.93. The van der Waals surface area contributed by atoms with Crippen molar-refractivity contribution in [1.29, 1.82) is 0 Å². The van der Waals surface area contributed by atoms with Gasteiger partial charge in [-0.05, 0) is 76.0 Å². The van der Waals surface area contributed by atoms with Crippen molar-refractivity contribution >= 4 is 17.4 Å². The maximum Gasteiger partial charge on any atom is 0.253 e. The van der Waals surface area contributed by atoms with E-state index >= 15 is 0 Å². The molecule has 0 bridgehead atoms. The van der Waals surface area contributed by atoms with Gasteiger partial charge < -0.3 is 19.3 Å². The molecule has 1 aromatic carbocycles. The first-order chi connectivity index (χ1) is 19.4. The van der Waals surface area contributed by atoms with Crippen LogP contribution in [0.1, 0.15) is 67.7 Å². The number of hydrogen-bond donors (Lipinski definition) is 0. The maximum absolute atomic E-state index is 13.2. The van der Waals surface area contributed by atoms with Crippen molar-refractivity contribution in [2.24, 2.45) is 11.8 Å². The molecule has 3 aliphatic rings. The number of aromatic nitrogens is 4. The van der Waals surface area contributed by atoms with Crippen LogP contribution in [0.3, 0.4) is 0 Å². The Bertz CT molecular complexity index is 1350. The van der Waals surface area contributed by atoms with E-state index in [1.165, 1.54) is 11.3 Å². The summed E-state index contributed by atoms with van der Waals surface area (Å²) in [5.41, 5.74) is 4.43. The number of carbonyl (C=O) groups is 1. The number of benzene rings is 1. The van der Waals surface area contributed by atoms with Gasteiger partial charge in [0, 0.05) is 37.7 Å². The lowest BCUT2D eigenvalue weighted by molar-refractivity contribution is -0.137. The monoisotopic (exact) mass is 546 g/mol. The second-order valence-electron chi connectivity index (χ2n) is 12.1. The van der Waals surface area contributed by atoms with Gasteiger partial charge >= 0.3 is 0 Å². The van der Waals surface area contributed by atoms with Gasteiger partial charge in [0.25, 0.3) is 5.78 Å². The highest BCUT2D eigenvalue weighted by atomic mass is 16.5. The SMILES string of the molecule is Cc1nc2nc(C)c(OC3CCN(c4ccc(C5CCC(C(=O)N6CCOCC(C)C6)CC5)cc4)C3)c(C)n2n1. The summed E-state index contributed by atoms with van der Waals surface area (Å²) in [5, 5.41) is 4.47. The molecule has 40 heavy (non-hydrogen) atoms. The summed E-state index contributed by atoms with van der Waals surface area (Å²) in [6.07, 6.45) is 5.20. The van der Waals surface area contributed by atoms with Crippen LogP contribution in [0.2, 0.25) is 0 Å². The zero-order valence-electron chi connectivity index (χ0n) is 24.3. The lowest BCUT2D eigenvalue weighted by Crippen LogP contribution is -2.40. The average Bonchev–Trinajstić information content (AvgIpc) is 3.52. The summed E-state index contributed by atoms with van der Waals surface area (Å²) in [6.45, 7) is 12.8. The van der Waals surface area contributed by atoms with Crippen molar-refractivity contribution in [3.05, 3.63) is 47.0 Å². The van der Waals surface area contributed by atoms with Gasteiger partial charge in [-0.25, -0.2) is 4.98 Å². The quantitative estimate of drug-likeness (QED) is 0.467. The molecule has 4 heterocycles. The van der Waals surface area contributed by atoms with E-state index in [0.717, 1.165) is 82.0 Å². The van der Waals surface area contributed by atoms with Crippen molar-refractivity contribution < 1.29 is 14.3 Å². The Balaban J connectivity index is 1.03. The first-order valence-corrected chi connectivity index (χ1v) is 14.9. The molecule has 2 unspecified atom stereocenters. The smallest absolute Gasteiger partial charge is 0.253 e. The predicted molar refractivity (Wildman–Crippen MR) is 154 cm³/mol. The molecule has 2 saturated heterocycles. The minimum absolute atomic E-state index is 0.104. The van der Waals surface area contributed by atoms with E-state index in [2.05, 4.69) is 56.1 Å². The zero-order valence-corrected chi connectivity index (χ0v) is 24.3. The standard InChI is InChI=1S/C31H42N6O3/c1-20-17-36(15-16-39-19-20)30(38)26-7-5-24(6-8-26)25-9-11-27(12-10-25)35-14-13-28(18-35)40-29-21(2)32-31-33-23(4)34-37(31)22(29)3/h9-12,20,24,26,28H,5-8,13-19H2,1-4H3.